The summed E-state index contributed by atoms with van der Waals surface area (Å²) in [7, 11) is 0. The summed E-state index contributed by atoms with van der Waals surface area (Å²) in [6.45, 7) is 1.93. The number of carbonyl (C=O) groups excluding carboxylic acids is 3. The second-order valence-electron chi connectivity index (χ2n) is 6.75. The van der Waals surface area contributed by atoms with Crippen LogP contribution in [0.15, 0.2) is 18.2 Å². The summed E-state index contributed by atoms with van der Waals surface area (Å²) in [5, 5.41) is 3.17. The molecule has 28 heavy (non-hydrogen) atoms. The molecule has 2 aliphatic carbocycles. The van der Waals surface area contributed by atoms with Gasteiger partial charge in [-0.25, -0.2) is 4.98 Å². The fraction of sp³-hybridized carbons (Fsp3) is 0.400. The zero-order valence-corrected chi connectivity index (χ0v) is 16.3. The Kier molecular flexibility index (Phi) is 5.13. The van der Waals surface area contributed by atoms with Crippen molar-refractivity contribution in [2.45, 2.75) is 38.5 Å². The van der Waals surface area contributed by atoms with Crippen molar-refractivity contribution in [3.8, 4) is 5.75 Å². The summed E-state index contributed by atoms with van der Waals surface area (Å²) in [5.41, 5.74) is 2.41. The quantitative estimate of drug-likeness (QED) is 0.750. The third kappa shape index (κ3) is 3.64. The number of Topliss-reactive ketones (excluding diaryl/α,β-unsaturated/α-hetero) is 1. The highest BCUT2D eigenvalue weighted by molar-refractivity contribution is 7.16. The Balaban J connectivity index is 1.35. The van der Waals surface area contributed by atoms with Crippen LogP contribution >= 0.6 is 11.3 Å². The number of hydrogen-bond donors (Lipinski definition) is 1. The molecule has 8 heteroatoms. The second-order valence-corrected chi connectivity index (χ2v) is 7.83. The summed E-state index contributed by atoms with van der Waals surface area (Å²) in [4.78, 5) is 41.4. The number of rotatable bonds is 6. The van der Waals surface area contributed by atoms with Crippen molar-refractivity contribution in [1.82, 2.24) is 4.98 Å². The average molecular weight is 400 g/mol. The number of ketones is 1. The average Bonchev–Trinajstić information content (AvgIpc) is 3.35. The van der Waals surface area contributed by atoms with Crippen LogP contribution in [0.3, 0.4) is 0 Å². The lowest BCUT2D eigenvalue weighted by molar-refractivity contribution is -0.145. The van der Waals surface area contributed by atoms with Crippen LogP contribution < -0.4 is 10.1 Å². The van der Waals surface area contributed by atoms with Crippen LogP contribution in [0.5, 0.6) is 5.75 Å². The molecule has 0 fully saturated rings. The van der Waals surface area contributed by atoms with Gasteiger partial charge in [0.2, 0.25) is 0 Å². The van der Waals surface area contributed by atoms with E-state index >= 15 is 0 Å². The van der Waals surface area contributed by atoms with Crippen molar-refractivity contribution < 1.29 is 23.9 Å². The van der Waals surface area contributed by atoms with Crippen LogP contribution in [0, 0.1) is 0 Å². The minimum Gasteiger partial charge on any atom is -0.484 e. The fourth-order valence-electron chi connectivity index (χ4n) is 3.56. The topological polar surface area (TPSA) is 94.6 Å². The van der Waals surface area contributed by atoms with Crippen molar-refractivity contribution in [1.29, 1.82) is 0 Å². The van der Waals surface area contributed by atoms with E-state index in [2.05, 4.69) is 10.3 Å². The molecular formula is C20H20N2O5S. The zero-order chi connectivity index (χ0) is 19.7. The van der Waals surface area contributed by atoms with Crippen LogP contribution in [0.2, 0.25) is 0 Å². The molecule has 1 aromatic heterocycles. The molecule has 0 saturated carbocycles. The summed E-state index contributed by atoms with van der Waals surface area (Å²) in [6.07, 6.45) is 2.74. The maximum absolute atomic E-state index is 12.2. The largest absolute Gasteiger partial charge is 0.484 e. The minimum atomic E-state index is -0.350. The van der Waals surface area contributed by atoms with Gasteiger partial charge >= 0.3 is 5.97 Å². The number of aromatic nitrogens is 1. The molecule has 0 aliphatic heterocycles. The number of nitrogens with zero attached hydrogens (tertiary/aromatic N) is 1. The smallest absolute Gasteiger partial charge is 0.315 e. The van der Waals surface area contributed by atoms with E-state index in [-0.39, 0.29) is 30.2 Å². The van der Waals surface area contributed by atoms with Crippen LogP contribution in [0.1, 0.15) is 52.2 Å². The van der Waals surface area contributed by atoms with E-state index in [9.17, 15) is 14.4 Å². The van der Waals surface area contributed by atoms with Crippen LogP contribution in [-0.4, -0.2) is 35.9 Å². The van der Waals surface area contributed by atoms with E-state index in [4.69, 9.17) is 9.47 Å². The van der Waals surface area contributed by atoms with E-state index in [0.717, 1.165) is 23.3 Å². The number of thiazole rings is 1. The van der Waals surface area contributed by atoms with Gasteiger partial charge in [0.1, 0.15) is 11.7 Å². The summed E-state index contributed by atoms with van der Waals surface area (Å²) >= 11 is 1.38. The van der Waals surface area contributed by atoms with E-state index in [1.165, 1.54) is 11.3 Å². The van der Waals surface area contributed by atoms with Crippen LogP contribution in [-0.2, 0) is 27.2 Å². The van der Waals surface area contributed by atoms with Gasteiger partial charge in [0.25, 0.3) is 5.91 Å². The van der Waals surface area contributed by atoms with Gasteiger partial charge in [0.15, 0.2) is 17.5 Å². The molecule has 1 heterocycles. The lowest BCUT2D eigenvalue weighted by Crippen LogP contribution is -2.20. The molecule has 1 amide bonds. The standard InChI is InChI=1S/C20H20N2O5S/c1-2-26-19(25)13-6-8-16-18(13)22-20(28-16)21-17(24)10-27-12-5-3-11-4-7-15(23)14(11)9-12/h3,5,9,13H,2,4,6-8,10H2,1H3,(H,21,22,24)/t13-/m0/s1. The van der Waals surface area contributed by atoms with Gasteiger partial charge in [-0.15, -0.1) is 11.3 Å². The maximum Gasteiger partial charge on any atom is 0.315 e. The molecule has 0 bridgehead atoms. The molecule has 1 atom stereocenters. The molecule has 1 aromatic carbocycles. The maximum atomic E-state index is 12.2. The first-order valence-corrected chi connectivity index (χ1v) is 10.1. The molecule has 2 aliphatic rings. The van der Waals surface area contributed by atoms with Crippen LogP contribution in [0.25, 0.3) is 0 Å². The normalized spacial score (nSPS) is 17.2. The first-order chi connectivity index (χ1) is 13.5. The number of anilines is 1. The Morgan fingerprint density at radius 2 is 2.14 bits per heavy atom. The van der Waals surface area contributed by atoms with E-state index in [0.29, 0.717) is 41.6 Å². The number of carbonyl (C=O) groups is 3. The molecule has 0 radical (unpaired) electrons. The summed E-state index contributed by atoms with van der Waals surface area (Å²) in [5.74, 6) is -0.352. The SMILES string of the molecule is CCOC(=O)[C@H]1CCc2sc(NC(=O)COc3ccc4c(c3)C(=O)CC4)nc21. The van der Waals surface area contributed by atoms with Crippen molar-refractivity contribution in [3.05, 3.63) is 39.9 Å². The van der Waals surface area contributed by atoms with Gasteiger partial charge in [0, 0.05) is 16.9 Å². The molecular weight excluding hydrogens is 380 g/mol. The number of hydrogen-bond acceptors (Lipinski definition) is 7. The number of amides is 1. The van der Waals surface area contributed by atoms with Crippen molar-refractivity contribution >= 4 is 34.1 Å². The van der Waals surface area contributed by atoms with E-state index < -0.39 is 0 Å². The Hall–Kier alpha value is -2.74. The molecule has 4 rings (SSSR count). The number of benzene rings is 1. The highest BCUT2D eigenvalue weighted by Crippen LogP contribution is 2.39. The van der Waals surface area contributed by atoms with Crippen molar-refractivity contribution in [2.75, 3.05) is 18.5 Å². The van der Waals surface area contributed by atoms with Gasteiger partial charge in [-0.1, -0.05) is 6.07 Å². The van der Waals surface area contributed by atoms with E-state index in [1.54, 1.807) is 19.1 Å². The van der Waals surface area contributed by atoms with Crippen molar-refractivity contribution in [2.24, 2.45) is 0 Å². The third-order valence-corrected chi connectivity index (χ3v) is 5.95. The Morgan fingerprint density at radius 3 is 2.96 bits per heavy atom. The molecule has 1 N–H and O–H groups in total. The third-order valence-electron chi connectivity index (χ3n) is 4.91. The van der Waals surface area contributed by atoms with Gasteiger partial charge in [0.05, 0.1) is 12.3 Å². The Labute approximate surface area is 166 Å². The zero-order valence-electron chi connectivity index (χ0n) is 15.4. The Bertz CT molecular complexity index is 952. The van der Waals surface area contributed by atoms with Gasteiger partial charge in [-0.3, -0.25) is 19.7 Å². The second kappa shape index (κ2) is 7.71. The molecule has 7 nitrogen and oxygen atoms in total. The molecule has 146 valence electrons. The number of aryl methyl sites for hydroxylation is 2. The lowest BCUT2D eigenvalue weighted by atomic mass is 10.1. The molecule has 0 spiro atoms. The van der Waals surface area contributed by atoms with Gasteiger partial charge in [-0.05, 0) is 43.9 Å². The Morgan fingerprint density at radius 1 is 1.29 bits per heavy atom. The minimum absolute atomic E-state index is 0.110. The summed E-state index contributed by atoms with van der Waals surface area (Å²) < 4.78 is 10.6. The predicted octanol–water partition coefficient (Wildman–Crippen LogP) is 2.88. The molecule has 0 unspecified atom stereocenters. The lowest BCUT2D eigenvalue weighted by Gasteiger charge is -2.08. The highest BCUT2D eigenvalue weighted by atomic mass is 32.1. The van der Waals surface area contributed by atoms with Gasteiger partial charge < -0.3 is 9.47 Å². The number of esters is 1. The molecule has 0 saturated heterocycles. The highest BCUT2D eigenvalue weighted by Gasteiger charge is 2.33. The van der Waals surface area contributed by atoms with Gasteiger partial charge in [-0.2, -0.15) is 0 Å². The van der Waals surface area contributed by atoms with E-state index in [1.807, 2.05) is 6.07 Å². The first kappa shape index (κ1) is 18.6. The molecule has 2 aromatic rings. The monoisotopic (exact) mass is 400 g/mol. The summed E-state index contributed by atoms with van der Waals surface area (Å²) in [6, 6.07) is 5.33. The number of fused-ring (bicyclic) bond motifs is 2. The first-order valence-electron chi connectivity index (χ1n) is 9.30. The predicted molar refractivity (Wildman–Crippen MR) is 103 cm³/mol. The fourth-order valence-corrected chi connectivity index (χ4v) is 4.62. The number of nitrogens with one attached hydrogen (secondary N) is 1. The van der Waals surface area contributed by atoms with Crippen LogP contribution in [0.4, 0.5) is 5.13 Å². The van der Waals surface area contributed by atoms with Crippen molar-refractivity contribution in [3.63, 3.8) is 0 Å². The number of ether oxygens (including phenoxy) is 2.